The van der Waals surface area contributed by atoms with E-state index in [0.29, 0.717) is 49.7 Å². The summed E-state index contributed by atoms with van der Waals surface area (Å²) in [5, 5.41) is 0. The zero-order valence-corrected chi connectivity index (χ0v) is 18.5. The largest absolute Gasteiger partial charge is 0.336 e. The summed E-state index contributed by atoms with van der Waals surface area (Å²) in [5.41, 5.74) is 1.73. The molecule has 3 fully saturated rings. The molecule has 0 spiro atoms. The van der Waals surface area contributed by atoms with Crippen molar-refractivity contribution in [1.82, 2.24) is 14.1 Å². The van der Waals surface area contributed by atoms with Crippen molar-refractivity contribution in [2.75, 3.05) is 32.7 Å². The lowest BCUT2D eigenvalue weighted by Gasteiger charge is -2.36. The van der Waals surface area contributed by atoms with Crippen LogP contribution in [0.25, 0.3) is 0 Å². The molecular formula is C22H33N3O3S. The van der Waals surface area contributed by atoms with Gasteiger partial charge in [-0.25, -0.2) is 8.42 Å². The van der Waals surface area contributed by atoms with E-state index in [2.05, 4.69) is 9.80 Å². The summed E-state index contributed by atoms with van der Waals surface area (Å²) in [4.78, 5) is 17.7. The van der Waals surface area contributed by atoms with Gasteiger partial charge in [0.05, 0.1) is 11.4 Å². The fourth-order valence-electron chi connectivity index (χ4n) is 4.77. The molecule has 29 heavy (non-hydrogen) atoms. The van der Waals surface area contributed by atoms with Gasteiger partial charge in [0.2, 0.25) is 15.9 Å². The lowest BCUT2D eigenvalue weighted by molar-refractivity contribution is -0.135. The summed E-state index contributed by atoms with van der Waals surface area (Å²) in [5.74, 6) is 0.241. The van der Waals surface area contributed by atoms with Crippen LogP contribution in [0.2, 0.25) is 0 Å². The van der Waals surface area contributed by atoms with Crippen LogP contribution in [-0.4, -0.2) is 73.2 Å². The fourth-order valence-corrected chi connectivity index (χ4v) is 6.50. The van der Waals surface area contributed by atoms with Crippen LogP contribution in [0.4, 0.5) is 0 Å². The molecule has 0 N–H and O–H groups in total. The second kappa shape index (κ2) is 8.36. The van der Waals surface area contributed by atoms with E-state index in [1.165, 1.54) is 12.8 Å². The second-order valence-electron chi connectivity index (χ2n) is 8.92. The zero-order chi connectivity index (χ0) is 20.6. The number of rotatable bonds is 6. The van der Waals surface area contributed by atoms with Gasteiger partial charge in [-0.2, -0.15) is 4.31 Å². The Balaban J connectivity index is 1.36. The van der Waals surface area contributed by atoms with Crippen molar-refractivity contribution >= 4 is 15.9 Å². The number of nitrogens with zero attached hydrogens (tertiary/aromatic N) is 3. The number of sulfonamides is 1. The molecule has 1 heterocycles. The molecule has 2 saturated carbocycles. The van der Waals surface area contributed by atoms with Crippen LogP contribution in [-0.2, 0) is 14.8 Å². The summed E-state index contributed by atoms with van der Waals surface area (Å²) in [6, 6.07) is 6.45. The predicted octanol–water partition coefficient (Wildman–Crippen LogP) is 2.54. The molecule has 3 aliphatic rings. The highest BCUT2D eigenvalue weighted by Crippen LogP contribution is 2.34. The van der Waals surface area contributed by atoms with E-state index in [-0.39, 0.29) is 5.91 Å². The molecule has 0 atom stereocenters. The van der Waals surface area contributed by atoms with Crippen LogP contribution in [0.5, 0.6) is 0 Å². The van der Waals surface area contributed by atoms with E-state index in [9.17, 15) is 13.2 Å². The fraction of sp³-hybridized carbons (Fsp3) is 0.682. The summed E-state index contributed by atoms with van der Waals surface area (Å²) >= 11 is 0. The first kappa shape index (κ1) is 20.8. The van der Waals surface area contributed by atoms with Crippen molar-refractivity contribution in [3.8, 4) is 0 Å². The smallest absolute Gasteiger partial charge is 0.243 e. The molecule has 1 saturated heterocycles. The predicted molar refractivity (Wildman–Crippen MR) is 113 cm³/mol. The molecule has 7 heteroatoms. The van der Waals surface area contributed by atoms with Crippen molar-refractivity contribution in [2.24, 2.45) is 0 Å². The molecule has 4 rings (SSSR count). The van der Waals surface area contributed by atoms with Gasteiger partial charge in [0.1, 0.15) is 0 Å². The van der Waals surface area contributed by atoms with Gasteiger partial charge in [-0.15, -0.1) is 0 Å². The van der Waals surface area contributed by atoms with Crippen LogP contribution in [0.1, 0.15) is 49.7 Å². The van der Waals surface area contributed by atoms with Gasteiger partial charge in [-0.05, 0) is 56.7 Å². The van der Waals surface area contributed by atoms with Crippen molar-refractivity contribution in [3.05, 3.63) is 29.3 Å². The second-order valence-corrected chi connectivity index (χ2v) is 10.8. The normalized spacial score (nSPS) is 22.1. The first-order chi connectivity index (χ1) is 13.9. The third-order valence-electron chi connectivity index (χ3n) is 6.60. The average molecular weight is 420 g/mol. The van der Waals surface area contributed by atoms with E-state index in [4.69, 9.17) is 0 Å². The van der Waals surface area contributed by atoms with Crippen molar-refractivity contribution in [1.29, 1.82) is 0 Å². The van der Waals surface area contributed by atoms with Crippen LogP contribution in [0.15, 0.2) is 23.1 Å². The highest BCUT2D eigenvalue weighted by atomic mass is 32.2. The van der Waals surface area contributed by atoms with Gasteiger partial charge < -0.3 is 4.90 Å². The monoisotopic (exact) mass is 419 g/mol. The molecular weight excluding hydrogens is 386 g/mol. The topological polar surface area (TPSA) is 60.9 Å². The van der Waals surface area contributed by atoms with Crippen LogP contribution in [0, 0.1) is 13.8 Å². The number of aryl methyl sites for hydroxylation is 2. The maximum Gasteiger partial charge on any atom is 0.243 e. The Labute approximate surface area is 174 Å². The Hall–Kier alpha value is -1.44. The van der Waals surface area contributed by atoms with Crippen LogP contribution in [0.3, 0.4) is 0 Å². The van der Waals surface area contributed by atoms with E-state index in [1.807, 2.05) is 26.0 Å². The van der Waals surface area contributed by atoms with Gasteiger partial charge >= 0.3 is 0 Å². The van der Waals surface area contributed by atoms with Gasteiger partial charge in [0.25, 0.3) is 0 Å². The highest BCUT2D eigenvalue weighted by molar-refractivity contribution is 7.89. The van der Waals surface area contributed by atoms with E-state index < -0.39 is 10.0 Å². The molecule has 0 radical (unpaired) electrons. The first-order valence-electron chi connectivity index (χ1n) is 11.0. The molecule has 6 nitrogen and oxygen atoms in total. The average Bonchev–Trinajstić information content (AvgIpc) is 3.37. The number of carbonyl (C=O) groups is 1. The van der Waals surface area contributed by atoms with Gasteiger partial charge in [0, 0.05) is 38.3 Å². The number of hydrogen-bond donors (Lipinski definition) is 0. The van der Waals surface area contributed by atoms with E-state index in [0.717, 1.165) is 36.8 Å². The first-order valence-corrected chi connectivity index (χ1v) is 12.4. The summed E-state index contributed by atoms with van der Waals surface area (Å²) < 4.78 is 27.8. The van der Waals surface area contributed by atoms with Gasteiger partial charge in [-0.1, -0.05) is 25.0 Å². The molecule has 0 unspecified atom stereocenters. The minimum atomic E-state index is -3.49. The number of benzene rings is 1. The van der Waals surface area contributed by atoms with E-state index >= 15 is 0 Å². The minimum Gasteiger partial charge on any atom is -0.336 e. The summed E-state index contributed by atoms with van der Waals surface area (Å²) in [6.07, 6.45) is 7.04. The number of piperazine rings is 1. The highest BCUT2D eigenvalue weighted by Gasteiger charge is 2.39. The lowest BCUT2D eigenvalue weighted by Crippen LogP contribution is -2.52. The Morgan fingerprint density at radius 3 is 2.24 bits per heavy atom. The molecule has 1 aromatic carbocycles. The maximum atomic E-state index is 13.1. The molecule has 160 valence electrons. The van der Waals surface area contributed by atoms with Crippen molar-refractivity contribution < 1.29 is 13.2 Å². The van der Waals surface area contributed by atoms with Gasteiger partial charge in [-0.3, -0.25) is 9.69 Å². The SMILES string of the molecule is Cc1ccc(C)c(S(=O)(=O)N2CCN(CC(=O)N(C3CCCC3)C3CC3)CC2)c1. The van der Waals surface area contributed by atoms with Crippen molar-refractivity contribution in [3.63, 3.8) is 0 Å². The Bertz CT molecular complexity index is 852. The van der Waals surface area contributed by atoms with Crippen LogP contribution >= 0.6 is 0 Å². The lowest BCUT2D eigenvalue weighted by atomic mass is 10.2. The number of carbonyl (C=O) groups excluding carboxylic acids is 1. The third kappa shape index (κ3) is 4.52. The Kier molecular flexibility index (Phi) is 6.00. The molecule has 1 aliphatic heterocycles. The minimum absolute atomic E-state index is 0.241. The Morgan fingerprint density at radius 1 is 1.00 bits per heavy atom. The van der Waals surface area contributed by atoms with Gasteiger partial charge in [0.15, 0.2) is 0 Å². The molecule has 0 aromatic heterocycles. The third-order valence-corrected chi connectivity index (χ3v) is 8.64. The quantitative estimate of drug-likeness (QED) is 0.711. The summed E-state index contributed by atoms with van der Waals surface area (Å²) in [6.45, 7) is 6.28. The Morgan fingerprint density at radius 2 is 1.62 bits per heavy atom. The van der Waals surface area contributed by atoms with Crippen molar-refractivity contribution in [2.45, 2.75) is 69.4 Å². The zero-order valence-electron chi connectivity index (χ0n) is 17.6. The summed E-state index contributed by atoms with van der Waals surface area (Å²) in [7, 11) is -3.49. The molecule has 0 bridgehead atoms. The van der Waals surface area contributed by atoms with Crippen LogP contribution < -0.4 is 0 Å². The maximum absolute atomic E-state index is 13.1. The molecule has 1 amide bonds. The molecule has 2 aliphatic carbocycles. The molecule has 1 aromatic rings. The number of amides is 1. The number of hydrogen-bond acceptors (Lipinski definition) is 4. The standard InChI is InChI=1S/C22H33N3O3S/c1-17-7-8-18(2)21(15-17)29(27,28)24-13-11-23(12-14-24)16-22(26)25(20-9-10-20)19-5-3-4-6-19/h7-8,15,19-20H,3-6,9-14,16H2,1-2H3. The van der Waals surface area contributed by atoms with E-state index in [1.54, 1.807) is 10.4 Å².